The first-order valence-corrected chi connectivity index (χ1v) is 10.9. The molecule has 7 nitrogen and oxygen atoms in total. The molecule has 0 radical (unpaired) electrons. The Bertz CT molecular complexity index is 880. The van der Waals surface area contributed by atoms with Crippen molar-refractivity contribution in [2.45, 2.75) is 32.1 Å². The second kappa shape index (κ2) is 9.80. The van der Waals surface area contributed by atoms with Gasteiger partial charge in [-0.1, -0.05) is 36.8 Å². The Morgan fingerprint density at radius 2 is 1.83 bits per heavy atom. The van der Waals surface area contributed by atoms with Gasteiger partial charge in [-0.15, -0.1) is 0 Å². The number of amides is 2. The van der Waals surface area contributed by atoms with Crippen LogP contribution < -0.4 is 5.32 Å². The zero-order chi connectivity index (χ0) is 20.8. The van der Waals surface area contributed by atoms with Crippen LogP contribution in [0.5, 0.6) is 0 Å². The van der Waals surface area contributed by atoms with Gasteiger partial charge in [0.25, 0.3) is 5.91 Å². The summed E-state index contributed by atoms with van der Waals surface area (Å²) in [5.74, 6) is 0.366. The Morgan fingerprint density at radius 1 is 1.03 bits per heavy atom. The van der Waals surface area contributed by atoms with Gasteiger partial charge >= 0.3 is 0 Å². The quantitative estimate of drug-likeness (QED) is 0.794. The smallest absolute Gasteiger partial charge is 0.257 e. The van der Waals surface area contributed by atoms with Crippen LogP contribution in [0.2, 0.25) is 0 Å². The number of fused-ring (bicyclic) bond motifs is 1. The lowest BCUT2D eigenvalue weighted by molar-refractivity contribution is -0.121. The van der Waals surface area contributed by atoms with E-state index in [-0.39, 0.29) is 18.4 Å². The van der Waals surface area contributed by atoms with E-state index in [0.29, 0.717) is 30.9 Å². The standard InChI is InChI=1S/C23H29N5O2/c29-21(24-11-15-27-12-5-2-6-13-27)17-28-14-7-10-20-19(23(28)30)16-25-22(26-20)18-8-3-1-4-9-18/h1,3-4,8-9,16H,2,5-7,10-15,17H2,(H,24,29). The third-order valence-corrected chi connectivity index (χ3v) is 5.79. The Hall–Kier alpha value is -2.80. The number of aromatic nitrogens is 2. The highest BCUT2D eigenvalue weighted by atomic mass is 16.2. The molecule has 30 heavy (non-hydrogen) atoms. The third-order valence-electron chi connectivity index (χ3n) is 5.79. The number of piperidine rings is 1. The molecule has 1 fully saturated rings. The molecule has 0 unspecified atom stereocenters. The SMILES string of the molecule is O=C(CN1CCCc2nc(-c3ccccc3)ncc2C1=O)NCCN1CCCCC1. The first-order chi connectivity index (χ1) is 14.7. The van der Waals surface area contributed by atoms with Crippen LogP contribution in [0.15, 0.2) is 36.5 Å². The van der Waals surface area contributed by atoms with E-state index in [1.165, 1.54) is 19.3 Å². The van der Waals surface area contributed by atoms with E-state index in [0.717, 1.165) is 37.3 Å². The van der Waals surface area contributed by atoms with Gasteiger partial charge in [0.2, 0.25) is 5.91 Å². The van der Waals surface area contributed by atoms with Gasteiger partial charge in [-0.25, -0.2) is 9.97 Å². The molecule has 2 aromatic rings. The zero-order valence-electron chi connectivity index (χ0n) is 17.3. The molecule has 2 amide bonds. The van der Waals surface area contributed by atoms with Crippen LogP contribution >= 0.6 is 0 Å². The fourth-order valence-electron chi connectivity index (χ4n) is 4.14. The number of likely N-dealkylation sites (tertiary alicyclic amines) is 1. The summed E-state index contributed by atoms with van der Waals surface area (Å²) in [7, 11) is 0. The van der Waals surface area contributed by atoms with Crippen molar-refractivity contribution in [2.24, 2.45) is 0 Å². The molecule has 0 spiro atoms. The molecule has 7 heteroatoms. The maximum atomic E-state index is 13.0. The Morgan fingerprint density at radius 3 is 2.63 bits per heavy atom. The molecule has 2 aliphatic rings. The van der Waals surface area contributed by atoms with Crippen LogP contribution in [0.3, 0.4) is 0 Å². The Kier molecular flexibility index (Phi) is 6.69. The number of carbonyl (C=O) groups excluding carboxylic acids is 2. The normalized spacial score (nSPS) is 17.3. The minimum Gasteiger partial charge on any atom is -0.353 e. The molecule has 158 valence electrons. The monoisotopic (exact) mass is 407 g/mol. The summed E-state index contributed by atoms with van der Waals surface area (Å²) in [4.78, 5) is 38.5. The molecule has 0 aliphatic carbocycles. The van der Waals surface area contributed by atoms with Crippen molar-refractivity contribution < 1.29 is 9.59 Å². The molecule has 3 heterocycles. The summed E-state index contributed by atoms with van der Waals surface area (Å²) in [6, 6.07) is 9.76. The van der Waals surface area contributed by atoms with Gasteiger partial charge in [-0.2, -0.15) is 0 Å². The lowest BCUT2D eigenvalue weighted by Gasteiger charge is -2.26. The minimum atomic E-state index is -0.159. The van der Waals surface area contributed by atoms with E-state index in [1.54, 1.807) is 11.1 Å². The van der Waals surface area contributed by atoms with Gasteiger partial charge in [0.15, 0.2) is 5.82 Å². The summed E-state index contributed by atoms with van der Waals surface area (Å²) in [6.45, 7) is 4.36. The first kappa shape index (κ1) is 20.5. The summed E-state index contributed by atoms with van der Waals surface area (Å²) < 4.78 is 0. The number of nitrogens with zero attached hydrogens (tertiary/aromatic N) is 4. The van der Waals surface area contributed by atoms with Gasteiger partial charge in [0.1, 0.15) is 0 Å². The number of carbonyl (C=O) groups is 2. The van der Waals surface area contributed by atoms with Crippen LogP contribution in [-0.4, -0.2) is 70.9 Å². The fraction of sp³-hybridized carbons (Fsp3) is 0.478. The maximum Gasteiger partial charge on any atom is 0.257 e. The second-order valence-corrected chi connectivity index (χ2v) is 8.00. The molecule has 4 rings (SSSR count). The molecule has 0 saturated carbocycles. The van der Waals surface area contributed by atoms with E-state index in [4.69, 9.17) is 0 Å². The molecule has 1 aromatic heterocycles. The highest BCUT2D eigenvalue weighted by Gasteiger charge is 2.26. The van der Waals surface area contributed by atoms with Crippen LogP contribution in [0.4, 0.5) is 0 Å². The predicted octanol–water partition coefficient (Wildman–Crippen LogP) is 2.13. The van der Waals surface area contributed by atoms with E-state index in [2.05, 4.69) is 20.2 Å². The van der Waals surface area contributed by atoms with E-state index >= 15 is 0 Å². The number of aryl methyl sites for hydroxylation is 1. The number of benzene rings is 1. The van der Waals surface area contributed by atoms with Gasteiger partial charge in [-0.05, 0) is 38.8 Å². The predicted molar refractivity (Wildman–Crippen MR) is 115 cm³/mol. The highest BCUT2D eigenvalue weighted by molar-refractivity contribution is 5.97. The lowest BCUT2D eigenvalue weighted by atomic mass is 10.1. The van der Waals surface area contributed by atoms with Crippen molar-refractivity contribution in [1.29, 1.82) is 0 Å². The van der Waals surface area contributed by atoms with Crippen LogP contribution in [0.1, 0.15) is 41.7 Å². The van der Waals surface area contributed by atoms with E-state index in [1.807, 2.05) is 30.3 Å². The van der Waals surface area contributed by atoms with Crippen molar-refractivity contribution in [1.82, 2.24) is 25.1 Å². The van der Waals surface area contributed by atoms with Crippen molar-refractivity contribution in [3.05, 3.63) is 47.8 Å². The van der Waals surface area contributed by atoms with Crippen molar-refractivity contribution in [3.63, 3.8) is 0 Å². The molecule has 1 aromatic carbocycles. The Balaban J connectivity index is 1.35. The van der Waals surface area contributed by atoms with E-state index in [9.17, 15) is 9.59 Å². The molecule has 0 atom stereocenters. The first-order valence-electron chi connectivity index (χ1n) is 10.9. The van der Waals surface area contributed by atoms with Crippen LogP contribution in [0.25, 0.3) is 11.4 Å². The molecule has 1 saturated heterocycles. The highest BCUT2D eigenvalue weighted by Crippen LogP contribution is 2.20. The average molecular weight is 408 g/mol. The van der Waals surface area contributed by atoms with Crippen molar-refractivity contribution >= 4 is 11.8 Å². The van der Waals surface area contributed by atoms with E-state index < -0.39 is 0 Å². The molecule has 2 aliphatic heterocycles. The molecular weight excluding hydrogens is 378 g/mol. The number of hydrogen-bond donors (Lipinski definition) is 1. The fourth-order valence-corrected chi connectivity index (χ4v) is 4.14. The Labute approximate surface area is 177 Å². The molecular formula is C23H29N5O2. The van der Waals surface area contributed by atoms with Crippen LogP contribution in [-0.2, 0) is 11.2 Å². The topological polar surface area (TPSA) is 78.4 Å². The minimum absolute atomic E-state index is 0.0821. The van der Waals surface area contributed by atoms with Gasteiger partial charge in [0.05, 0.1) is 17.8 Å². The van der Waals surface area contributed by atoms with Gasteiger partial charge in [0, 0.05) is 31.4 Å². The number of nitrogens with one attached hydrogen (secondary N) is 1. The lowest BCUT2D eigenvalue weighted by Crippen LogP contribution is -2.43. The van der Waals surface area contributed by atoms with Gasteiger partial charge < -0.3 is 15.1 Å². The van der Waals surface area contributed by atoms with Crippen molar-refractivity contribution in [3.8, 4) is 11.4 Å². The summed E-state index contributed by atoms with van der Waals surface area (Å²) in [6.07, 6.45) is 6.88. The maximum absolute atomic E-state index is 13.0. The zero-order valence-corrected chi connectivity index (χ0v) is 17.3. The third kappa shape index (κ3) is 5.02. The van der Waals surface area contributed by atoms with Crippen molar-refractivity contribution in [2.75, 3.05) is 39.3 Å². The largest absolute Gasteiger partial charge is 0.353 e. The molecule has 0 bridgehead atoms. The molecule has 1 N–H and O–H groups in total. The number of rotatable bonds is 6. The second-order valence-electron chi connectivity index (χ2n) is 8.00. The summed E-state index contributed by atoms with van der Waals surface area (Å²) >= 11 is 0. The average Bonchev–Trinajstić information content (AvgIpc) is 2.93. The number of hydrogen-bond acceptors (Lipinski definition) is 5. The summed E-state index contributed by atoms with van der Waals surface area (Å²) in [5, 5.41) is 2.97. The van der Waals surface area contributed by atoms with Gasteiger partial charge in [-0.3, -0.25) is 9.59 Å². The van der Waals surface area contributed by atoms with Crippen LogP contribution in [0, 0.1) is 0 Å². The summed E-state index contributed by atoms with van der Waals surface area (Å²) in [5.41, 5.74) is 2.21.